The summed E-state index contributed by atoms with van der Waals surface area (Å²) in [6.45, 7) is 6.43. The van der Waals surface area contributed by atoms with Gasteiger partial charge in [0.15, 0.2) is 5.58 Å². The third kappa shape index (κ3) is 1.41. The van der Waals surface area contributed by atoms with E-state index in [4.69, 9.17) is 4.42 Å². The number of rotatable bonds is 2. The van der Waals surface area contributed by atoms with Gasteiger partial charge in [-0.15, -0.1) is 0 Å². The smallest absolute Gasteiger partial charge is 0.156 e. The van der Waals surface area contributed by atoms with Gasteiger partial charge in [-0.3, -0.25) is 4.98 Å². The second-order valence-electron chi connectivity index (χ2n) is 3.84. The van der Waals surface area contributed by atoms with Gasteiger partial charge in [-0.25, -0.2) is 0 Å². The molecule has 14 heavy (non-hydrogen) atoms. The Kier molecular flexibility index (Phi) is 2.28. The zero-order chi connectivity index (χ0) is 10.1. The molecule has 0 saturated carbocycles. The number of furan rings is 1. The summed E-state index contributed by atoms with van der Waals surface area (Å²) in [5.41, 5.74) is 3.18. The average Bonchev–Trinajstić information content (AvgIpc) is 2.59. The van der Waals surface area contributed by atoms with Gasteiger partial charge in [0.25, 0.3) is 0 Å². The van der Waals surface area contributed by atoms with E-state index in [0.29, 0.717) is 5.92 Å². The third-order valence-corrected chi connectivity index (χ3v) is 2.46. The van der Waals surface area contributed by atoms with Crippen LogP contribution in [0.4, 0.5) is 0 Å². The number of aryl methyl sites for hydroxylation is 1. The van der Waals surface area contributed by atoms with Crippen LogP contribution in [0.5, 0.6) is 0 Å². The maximum absolute atomic E-state index is 5.75. The number of pyridine rings is 1. The minimum Gasteiger partial charge on any atom is -0.459 e. The molecule has 2 heteroatoms. The molecule has 74 valence electrons. The van der Waals surface area contributed by atoms with Crippen molar-refractivity contribution in [2.75, 3.05) is 0 Å². The van der Waals surface area contributed by atoms with Crippen molar-refractivity contribution in [3.8, 4) is 0 Å². The molecule has 2 nitrogen and oxygen atoms in total. The van der Waals surface area contributed by atoms with E-state index < -0.39 is 0 Å². The van der Waals surface area contributed by atoms with Crippen molar-refractivity contribution in [1.29, 1.82) is 0 Å². The number of hydrogen-bond acceptors (Lipinski definition) is 2. The van der Waals surface area contributed by atoms with Crippen LogP contribution in [0, 0.1) is 0 Å². The predicted molar refractivity (Wildman–Crippen MR) is 57.5 cm³/mol. The Bertz CT molecular complexity index is 443. The second-order valence-corrected chi connectivity index (χ2v) is 3.84. The molecule has 0 aliphatic carbocycles. The Morgan fingerprint density at radius 1 is 1.43 bits per heavy atom. The Balaban J connectivity index is 2.66. The van der Waals surface area contributed by atoms with Crippen molar-refractivity contribution in [3.05, 3.63) is 29.7 Å². The van der Waals surface area contributed by atoms with Crippen LogP contribution in [0.2, 0.25) is 0 Å². The maximum Gasteiger partial charge on any atom is 0.156 e. The van der Waals surface area contributed by atoms with Crippen LogP contribution in [0.25, 0.3) is 11.1 Å². The fraction of sp³-hybridized carbons (Fsp3) is 0.417. The highest BCUT2D eigenvalue weighted by Gasteiger charge is 2.10. The minimum absolute atomic E-state index is 0.483. The molecule has 0 fully saturated rings. The molecular formula is C12H15NO. The minimum atomic E-state index is 0.483. The summed E-state index contributed by atoms with van der Waals surface area (Å²) in [5.74, 6) is 1.50. The highest BCUT2D eigenvalue weighted by atomic mass is 16.3. The highest BCUT2D eigenvalue weighted by molar-refractivity contribution is 5.77. The average molecular weight is 189 g/mol. The molecule has 0 unspecified atom stereocenters. The Morgan fingerprint density at radius 2 is 2.21 bits per heavy atom. The molecular weight excluding hydrogens is 174 g/mol. The van der Waals surface area contributed by atoms with E-state index in [9.17, 15) is 0 Å². The second kappa shape index (κ2) is 3.45. The van der Waals surface area contributed by atoms with Gasteiger partial charge in [0.1, 0.15) is 11.3 Å². The van der Waals surface area contributed by atoms with Crippen LogP contribution in [0.1, 0.15) is 38.0 Å². The van der Waals surface area contributed by atoms with Crippen molar-refractivity contribution < 1.29 is 4.42 Å². The fourth-order valence-corrected chi connectivity index (χ4v) is 1.64. The summed E-state index contributed by atoms with van der Waals surface area (Å²) in [7, 11) is 0. The van der Waals surface area contributed by atoms with Gasteiger partial charge in [0.2, 0.25) is 0 Å². The summed E-state index contributed by atoms with van der Waals surface area (Å²) in [4.78, 5) is 4.30. The lowest BCUT2D eigenvalue weighted by atomic mass is 10.0. The first-order chi connectivity index (χ1) is 6.72. The van der Waals surface area contributed by atoms with Gasteiger partial charge in [0, 0.05) is 24.2 Å². The number of nitrogens with zero attached hydrogens (tertiary/aromatic N) is 1. The van der Waals surface area contributed by atoms with Crippen molar-refractivity contribution in [2.45, 2.75) is 33.1 Å². The Labute approximate surface area is 84.0 Å². The number of fused-ring (bicyclic) bond motifs is 1. The zero-order valence-corrected chi connectivity index (χ0v) is 8.87. The molecule has 0 aliphatic rings. The van der Waals surface area contributed by atoms with E-state index in [1.165, 1.54) is 5.56 Å². The van der Waals surface area contributed by atoms with Gasteiger partial charge in [-0.2, -0.15) is 0 Å². The molecule has 0 aliphatic heterocycles. The van der Waals surface area contributed by atoms with Crippen molar-refractivity contribution in [2.24, 2.45) is 0 Å². The first-order valence-electron chi connectivity index (χ1n) is 5.09. The molecule has 0 spiro atoms. The summed E-state index contributed by atoms with van der Waals surface area (Å²) in [6, 6.07) is 4.07. The van der Waals surface area contributed by atoms with Crippen LogP contribution in [-0.2, 0) is 6.42 Å². The summed E-state index contributed by atoms with van der Waals surface area (Å²) < 4.78 is 5.75. The van der Waals surface area contributed by atoms with E-state index in [1.54, 1.807) is 0 Å². The fourth-order valence-electron chi connectivity index (χ4n) is 1.64. The lowest BCUT2D eigenvalue weighted by molar-refractivity contribution is 0.551. The van der Waals surface area contributed by atoms with Crippen molar-refractivity contribution in [3.63, 3.8) is 0 Å². The molecule has 2 aromatic heterocycles. The van der Waals surface area contributed by atoms with Crippen LogP contribution in [-0.4, -0.2) is 4.98 Å². The molecule has 2 rings (SSSR count). The normalized spacial score (nSPS) is 11.4. The van der Waals surface area contributed by atoms with Gasteiger partial charge in [-0.1, -0.05) is 20.8 Å². The molecule has 0 saturated heterocycles. The number of aromatic nitrogens is 1. The first-order valence-corrected chi connectivity index (χ1v) is 5.09. The highest BCUT2D eigenvalue weighted by Crippen LogP contribution is 2.26. The molecule has 0 radical (unpaired) electrons. The Morgan fingerprint density at radius 3 is 2.86 bits per heavy atom. The van der Waals surface area contributed by atoms with Crippen LogP contribution in [0.15, 0.2) is 22.7 Å². The molecule has 2 aromatic rings. The largest absolute Gasteiger partial charge is 0.459 e. The summed E-state index contributed by atoms with van der Waals surface area (Å²) >= 11 is 0. The third-order valence-electron chi connectivity index (χ3n) is 2.46. The van der Waals surface area contributed by atoms with Gasteiger partial charge < -0.3 is 4.42 Å². The van der Waals surface area contributed by atoms with Gasteiger partial charge >= 0.3 is 0 Å². The van der Waals surface area contributed by atoms with Crippen LogP contribution in [0.3, 0.4) is 0 Å². The first kappa shape index (κ1) is 9.25. The monoisotopic (exact) mass is 189 g/mol. The molecule has 0 bridgehead atoms. The Hall–Kier alpha value is -1.31. The van der Waals surface area contributed by atoms with Crippen molar-refractivity contribution >= 4 is 11.1 Å². The summed E-state index contributed by atoms with van der Waals surface area (Å²) in [6.07, 6.45) is 2.78. The topological polar surface area (TPSA) is 26.0 Å². The van der Waals surface area contributed by atoms with E-state index >= 15 is 0 Å². The SMILES string of the molecule is CCc1cc2nccc(C(C)C)c2o1. The number of hydrogen-bond donors (Lipinski definition) is 0. The van der Waals surface area contributed by atoms with E-state index in [-0.39, 0.29) is 0 Å². The van der Waals surface area contributed by atoms with Crippen LogP contribution >= 0.6 is 0 Å². The van der Waals surface area contributed by atoms with Crippen molar-refractivity contribution in [1.82, 2.24) is 4.98 Å². The molecule has 0 amide bonds. The zero-order valence-electron chi connectivity index (χ0n) is 8.87. The van der Waals surface area contributed by atoms with E-state index in [0.717, 1.165) is 23.3 Å². The summed E-state index contributed by atoms with van der Waals surface area (Å²) in [5, 5.41) is 0. The molecule has 0 atom stereocenters. The van der Waals surface area contributed by atoms with Gasteiger partial charge in [0.05, 0.1) is 0 Å². The quantitative estimate of drug-likeness (QED) is 0.722. The molecule has 0 aromatic carbocycles. The lowest BCUT2D eigenvalue weighted by Crippen LogP contribution is -1.88. The van der Waals surface area contributed by atoms with Gasteiger partial charge in [-0.05, 0) is 12.0 Å². The van der Waals surface area contributed by atoms with E-state index in [2.05, 4.69) is 25.8 Å². The molecule has 2 heterocycles. The predicted octanol–water partition coefficient (Wildman–Crippen LogP) is 3.51. The van der Waals surface area contributed by atoms with E-state index in [1.807, 2.05) is 18.3 Å². The maximum atomic E-state index is 5.75. The van der Waals surface area contributed by atoms with Crippen LogP contribution < -0.4 is 0 Å². The standard InChI is InChI=1S/C12H15NO/c1-4-9-7-11-12(14-9)10(8(2)3)5-6-13-11/h5-8H,4H2,1-3H3. The lowest BCUT2D eigenvalue weighted by Gasteiger charge is -2.04. The molecule has 0 N–H and O–H groups in total.